The molecule has 31 heavy (non-hydrogen) atoms. The van der Waals surface area contributed by atoms with Crippen molar-refractivity contribution in [3.63, 3.8) is 0 Å². The number of imide groups is 1. The predicted octanol–water partition coefficient (Wildman–Crippen LogP) is 5.55. The summed E-state index contributed by atoms with van der Waals surface area (Å²) in [5, 5.41) is 11.0. The Kier molecular flexibility index (Phi) is 5.24. The first-order valence-corrected chi connectivity index (χ1v) is 10.4. The van der Waals surface area contributed by atoms with Gasteiger partial charge in [-0.15, -0.1) is 0 Å². The van der Waals surface area contributed by atoms with Crippen LogP contribution in [0, 0.1) is 30.9 Å². The molecule has 8 heteroatoms. The van der Waals surface area contributed by atoms with Gasteiger partial charge in [0.2, 0.25) is 0 Å². The van der Waals surface area contributed by atoms with Crippen molar-refractivity contribution in [2.75, 3.05) is 4.90 Å². The third-order valence-corrected chi connectivity index (χ3v) is 6.08. The highest BCUT2D eigenvalue weighted by Crippen LogP contribution is 2.36. The Labute approximate surface area is 183 Å². The fraction of sp³-hybridized carbons (Fsp3) is 0.130. The van der Waals surface area contributed by atoms with Crippen LogP contribution in [-0.2, 0) is 4.79 Å². The van der Waals surface area contributed by atoms with Gasteiger partial charge in [0.25, 0.3) is 16.8 Å². The molecule has 0 radical (unpaired) electrons. The standard InChI is InChI=1S/C23H19N3O4S/c1-14-9-10-19(13-20(14)26(29)30)24-15(2)11-17(16(24)3)12-21-22(27)25(23(28)31-21)18-7-5-4-6-8-18/h4-13H,1-3H3. The number of anilines is 1. The quantitative estimate of drug-likeness (QED) is 0.306. The lowest BCUT2D eigenvalue weighted by Crippen LogP contribution is -2.27. The Morgan fingerprint density at radius 3 is 2.35 bits per heavy atom. The lowest BCUT2D eigenvalue weighted by atomic mass is 10.1. The zero-order valence-corrected chi connectivity index (χ0v) is 18.0. The van der Waals surface area contributed by atoms with Crippen LogP contribution in [0.5, 0.6) is 0 Å². The number of rotatable bonds is 4. The number of nitro groups is 1. The molecule has 0 unspecified atom stereocenters. The molecule has 156 valence electrons. The van der Waals surface area contributed by atoms with Crippen LogP contribution >= 0.6 is 11.8 Å². The third kappa shape index (κ3) is 3.66. The Morgan fingerprint density at radius 2 is 1.68 bits per heavy atom. The first-order chi connectivity index (χ1) is 14.8. The van der Waals surface area contributed by atoms with Gasteiger partial charge in [-0.1, -0.05) is 24.3 Å². The molecule has 7 nitrogen and oxygen atoms in total. The number of carbonyl (C=O) groups is 2. The van der Waals surface area contributed by atoms with Crippen LogP contribution in [0.2, 0.25) is 0 Å². The fourth-order valence-corrected chi connectivity index (χ4v) is 4.51. The van der Waals surface area contributed by atoms with Crippen molar-refractivity contribution in [2.45, 2.75) is 20.8 Å². The van der Waals surface area contributed by atoms with E-state index < -0.39 is 4.92 Å². The van der Waals surface area contributed by atoms with Crippen LogP contribution in [0.25, 0.3) is 11.8 Å². The fourth-order valence-electron chi connectivity index (χ4n) is 3.67. The number of benzene rings is 2. The summed E-state index contributed by atoms with van der Waals surface area (Å²) in [6, 6.07) is 15.8. The SMILES string of the molecule is Cc1ccc(-n2c(C)cc(C=C3SC(=O)N(c4ccccc4)C3=O)c2C)cc1[N+](=O)[O-]. The zero-order chi connectivity index (χ0) is 22.3. The van der Waals surface area contributed by atoms with Crippen molar-refractivity contribution in [3.05, 3.63) is 92.1 Å². The predicted molar refractivity (Wildman–Crippen MR) is 122 cm³/mol. The minimum absolute atomic E-state index is 0.0514. The summed E-state index contributed by atoms with van der Waals surface area (Å²) in [7, 11) is 0. The molecular weight excluding hydrogens is 414 g/mol. The lowest BCUT2D eigenvalue weighted by Gasteiger charge is -2.11. The largest absolute Gasteiger partial charge is 0.318 e. The second kappa shape index (κ2) is 7.88. The van der Waals surface area contributed by atoms with E-state index in [1.54, 1.807) is 49.4 Å². The van der Waals surface area contributed by atoms with Crippen LogP contribution < -0.4 is 4.90 Å². The Morgan fingerprint density at radius 1 is 0.968 bits per heavy atom. The molecule has 0 bridgehead atoms. The molecule has 2 aromatic carbocycles. The third-order valence-electron chi connectivity index (χ3n) is 5.21. The molecule has 4 rings (SSSR count). The summed E-state index contributed by atoms with van der Waals surface area (Å²) >= 11 is 0.899. The molecule has 0 saturated carbocycles. The maximum absolute atomic E-state index is 12.9. The number of amides is 2. The first kappa shape index (κ1) is 20.6. The highest BCUT2D eigenvalue weighted by molar-refractivity contribution is 8.19. The second-order valence-electron chi connectivity index (χ2n) is 7.24. The monoisotopic (exact) mass is 433 g/mol. The molecule has 3 aromatic rings. The van der Waals surface area contributed by atoms with Gasteiger partial charge >= 0.3 is 0 Å². The van der Waals surface area contributed by atoms with Gasteiger partial charge in [-0.3, -0.25) is 19.7 Å². The van der Waals surface area contributed by atoms with Gasteiger partial charge in [-0.25, -0.2) is 4.90 Å². The molecular formula is C23H19N3O4S. The van der Waals surface area contributed by atoms with E-state index in [9.17, 15) is 19.7 Å². The molecule has 0 spiro atoms. The minimum Gasteiger partial charge on any atom is -0.318 e. The van der Waals surface area contributed by atoms with E-state index in [0.717, 1.165) is 28.7 Å². The van der Waals surface area contributed by atoms with Crippen LogP contribution in [0.1, 0.15) is 22.5 Å². The summed E-state index contributed by atoms with van der Waals surface area (Å²) in [4.78, 5) is 37.8. The average molecular weight is 433 g/mol. The number of thioether (sulfide) groups is 1. The number of nitro benzene ring substituents is 1. The Hall–Kier alpha value is -3.65. The van der Waals surface area contributed by atoms with E-state index in [0.29, 0.717) is 21.8 Å². The van der Waals surface area contributed by atoms with Crippen LogP contribution in [-0.4, -0.2) is 20.6 Å². The number of para-hydroxylation sites is 1. The number of aryl methyl sites for hydroxylation is 2. The number of hydrogen-bond donors (Lipinski definition) is 0. The molecule has 1 saturated heterocycles. The van der Waals surface area contributed by atoms with Crippen molar-refractivity contribution < 1.29 is 14.5 Å². The van der Waals surface area contributed by atoms with Crippen molar-refractivity contribution in [1.29, 1.82) is 0 Å². The van der Waals surface area contributed by atoms with Gasteiger partial charge in [-0.05, 0) is 68.4 Å². The van der Waals surface area contributed by atoms with Gasteiger partial charge in [-0.2, -0.15) is 0 Å². The Balaban J connectivity index is 1.73. The van der Waals surface area contributed by atoms with Gasteiger partial charge in [0.15, 0.2) is 0 Å². The smallest absolute Gasteiger partial charge is 0.298 e. The number of carbonyl (C=O) groups excluding carboxylic acids is 2. The van der Waals surface area contributed by atoms with E-state index in [2.05, 4.69) is 0 Å². The van der Waals surface area contributed by atoms with Gasteiger partial charge in [0, 0.05) is 23.0 Å². The molecule has 0 N–H and O–H groups in total. The van der Waals surface area contributed by atoms with Crippen molar-refractivity contribution in [3.8, 4) is 5.69 Å². The van der Waals surface area contributed by atoms with Crippen LogP contribution in [0.4, 0.5) is 16.2 Å². The summed E-state index contributed by atoms with van der Waals surface area (Å²) in [5.74, 6) is -0.364. The van der Waals surface area contributed by atoms with Gasteiger partial charge in [0.1, 0.15) is 0 Å². The molecule has 2 heterocycles. The minimum atomic E-state index is -0.395. The topological polar surface area (TPSA) is 85.5 Å². The summed E-state index contributed by atoms with van der Waals surface area (Å²) in [6.07, 6.45) is 1.70. The van der Waals surface area contributed by atoms with Crippen molar-refractivity contribution in [2.24, 2.45) is 0 Å². The molecule has 1 aliphatic heterocycles. The maximum Gasteiger partial charge on any atom is 0.298 e. The normalized spacial score (nSPS) is 15.2. The van der Waals surface area contributed by atoms with E-state index in [4.69, 9.17) is 0 Å². The lowest BCUT2D eigenvalue weighted by molar-refractivity contribution is -0.385. The van der Waals surface area contributed by atoms with Crippen LogP contribution in [0.15, 0.2) is 59.5 Å². The van der Waals surface area contributed by atoms with Gasteiger partial charge in [0.05, 0.1) is 21.2 Å². The number of aromatic nitrogens is 1. The van der Waals surface area contributed by atoms with Crippen molar-refractivity contribution >= 4 is 40.4 Å². The summed E-state index contributed by atoms with van der Waals surface area (Å²) < 4.78 is 1.90. The highest BCUT2D eigenvalue weighted by Gasteiger charge is 2.36. The zero-order valence-electron chi connectivity index (χ0n) is 17.2. The maximum atomic E-state index is 12.9. The summed E-state index contributed by atoms with van der Waals surface area (Å²) in [5.41, 5.74) is 4.31. The molecule has 1 fully saturated rings. The summed E-state index contributed by atoms with van der Waals surface area (Å²) in [6.45, 7) is 5.48. The number of hydrogen-bond acceptors (Lipinski definition) is 5. The van der Waals surface area contributed by atoms with E-state index in [1.165, 1.54) is 4.90 Å². The molecule has 0 atom stereocenters. The molecule has 2 amide bonds. The van der Waals surface area contributed by atoms with Crippen molar-refractivity contribution in [1.82, 2.24) is 4.57 Å². The van der Waals surface area contributed by atoms with E-state index in [1.807, 2.05) is 36.6 Å². The Bertz CT molecular complexity index is 1260. The van der Waals surface area contributed by atoms with E-state index in [-0.39, 0.29) is 16.8 Å². The molecule has 1 aliphatic rings. The first-order valence-electron chi connectivity index (χ1n) is 9.55. The number of nitrogens with zero attached hydrogens (tertiary/aromatic N) is 3. The molecule has 1 aromatic heterocycles. The highest BCUT2D eigenvalue weighted by atomic mass is 32.2. The van der Waals surface area contributed by atoms with Gasteiger partial charge < -0.3 is 4.57 Å². The molecule has 0 aliphatic carbocycles. The van der Waals surface area contributed by atoms with E-state index >= 15 is 0 Å². The second-order valence-corrected chi connectivity index (χ2v) is 8.24. The average Bonchev–Trinajstić information content (AvgIpc) is 3.17. The van der Waals surface area contributed by atoms with Crippen LogP contribution in [0.3, 0.4) is 0 Å².